The third-order valence-electron chi connectivity index (χ3n) is 14.5. The van der Waals surface area contributed by atoms with Gasteiger partial charge in [0.1, 0.15) is 54.4 Å². The SMILES string of the molecule is CC(C)[C@H](NC(=O)[C@H](C)NC(=O)[C@@H](NC(=O)[C@H](CC(N)=O)NC(=O)[C@@H](NC(=O)[C@H](CC(=O)O)NC(=O)[C@H](CCC(N)=O)NC(=O)CN(CCN(CCN(CC(=O)O)CC(=O)O)CC(=O)O)CC(=O)O)C(C)C)[C@@H](C)O)C(=O)N[C@@H](C)C(=O)N[C@@H](Cc1c[nH]c2ccccc12)C(N)=O. The van der Waals surface area contributed by atoms with E-state index >= 15 is 0 Å². The van der Waals surface area contributed by atoms with Crippen molar-refractivity contribution in [2.75, 3.05) is 58.9 Å². The van der Waals surface area contributed by atoms with Crippen molar-refractivity contribution < 1.29 is 112 Å². The average Bonchev–Trinajstić information content (AvgIpc) is 1.73. The van der Waals surface area contributed by atoms with Crippen LogP contribution in [0.1, 0.15) is 79.7 Å². The van der Waals surface area contributed by atoms with Crippen LogP contribution >= 0.6 is 0 Å². The Balaban J connectivity index is 2.25. The molecule has 538 valence electrons. The number of carbonyl (C=O) groups is 17. The first kappa shape index (κ1) is 82.7. The van der Waals surface area contributed by atoms with E-state index in [9.17, 15) is 112 Å². The minimum absolute atomic E-state index is 0.0132. The Hall–Kier alpha value is -10.4. The van der Waals surface area contributed by atoms with Crippen molar-refractivity contribution in [2.24, 2.45) is 29.0 Å². The number of carboxylic acids is 5. The van der Waals surface area contributed by atoms with Crippen LogP contribution in [0.3, 0.4) is 0 Å². The Morgan fingerprint density at radius 1 is 0.433 bits per heavy atom. The molecule has 0 aliphatic heterocycles. The summed E-state index contributed by atoms with van der Waals surface area (Å²) >= 11 is 0. The van der Waals surface area contributed by atoms with Crippen LogP contribution in [0.25, 0.3) is 10.9 Å². The summed E-state index contributed by atoms with van der Waals surface area (Å²) in [4.78, 5) is 224. The van der Waals surface area contributed by atoms with Crippen LogP contribution < -0.4 is 65.1 Å². The molecule has 12 amide bonds. The highest BCUT2D eigenvalue weighted by Gasteiger charge is 2.38. The number of aromatic amines is 1. The number of hydrogen-bond acceptors (Lipinski definition) is 21. The Labute approximate surface area is 554 Å². The van der Waals surface area contributed by atoms with Gasteiger partial charge in [-0.05, 0) is 50.7 Å². The van der Waals surface area contributed by atoms with Gasteiger partial charge in [0.2, 0.25) is 70.9 Å². The van der Waals surface area contributed by atoms with E-state index in [1.807, 2.05) is 12.1 Å². The number of carbonyl (C=O) groups excluding carboxylic acids is 12. The molecule has 39 nitrogen and oxygen atoms in total. The molecule has 2 rings (SSSR count). The number of aliphatic hydroxyl groups is 1. The number of fused-ring (bicyclic) bond motifs is 1. The molecule has 1 aromatic heterocycles. The van der Waals surface area contributed by atoms with E-state index in [2.05, 4.69) is 52.8 Å². The zero-order valence-corrected chi connectivity index (χ0v) is 54.4. The Morgan fingerprint density at radius 3 is 1.30 bits per heavy atom. The van der Waals surface area contributed by atoms with Crippen molar-refractivity contribution in [1.29, 1.82) is 0 Å². The van der Waals surface area contributed by atoms with Crippen molar-refractivity contribution in [1.82, 2.24) is 67.5 Å². The lowest BCUT2D eigenvalue weighted by Crippen LogP contribution is -2.62. The minimum Gasteiger partial charge on any atom is -0.481 e. The smallest absolute Gasteiger partial charge is 0.317 e. The molecule has 0 saturated carbocycles. The average molecular weight is 1380 g/mol. The van der Waals surface area contributed by atoms with Gasteiger partial charge in [0.15, 0.2) is 0 Å². The quantitative estimate of drug-likeness (QED) is 0.0293. The lowest BCUT2D eigenvalue weighted by atomic mass is 10.0. The number of rotatable bonds is 46. The highest BCUT2D eigenvalue weighted by molar-refractivity contribution is 6.00. The van der Waals surface area contributed by atoms with Crippen LogP contribution in [0, 0.1) is 11.8 Å². The molecular weight excluding hydrogens is 1290 g/mol. The topological polar surface area (TPSA) is 623 Å². The molecule has 39 heteroatoms. The first-order valence-corrected chi connectivity index (χ1v) is 30.3. The second-order valence-corrected chi connectivity index (χ2v) is 23.5. The maximum absolute atomic E-state index is 14.0. The molecule has 1 aromatic carbocycles. The number of hydrogen-bond donors (Lipinski definition) is 19. The molecule has 0 aliphatic rings. The van der Waals surface area contributed by atoms with Gasteiger partial charge in [0, 0.05) is 56.1 Å². The Morgan fingerprint density at radius 2 is 0.835 bits per heavy atom. The summed E-state index contributed by atoms with van der Waals surface area (Å²) in [5, 5.41) is 79.5. The molecule has 0 fully saturated rings. The van der Waals surface area contributed by atoms with Crippen molar-refractivity contribution in [3.63, 3.8) is 0 Å². The molecule has 1 heterocycles. The number of para-hydroxylation sites is 1. The predicted octanol–water partition coefficient (Wildman–Crippen LogP) is -7.85. The second kappa shape index (κ2) is 40.1. The van der Waals surface area contributed by atoms with E-state index < -0.39 is 231 Å². The maximum atomic E-state index is 14.0. The zero-order valence-electron chi connectivity index (χ0n) is 54.4. The van der Waals surface area contributed by atoms with Crippen LogP contribution in [-0.4, -0.2) is 270 Å². The lowest BCUT2D eigenvalue weighted by molar-refractivity contribution is -0.143. The fourth-order valence-electron chi connectivity index (χ4n) is 9.39. The summed E-state index contributed by atoms with van der Waals surface area (Å²) in [7, 11) is 0. The van der Waals surface area contributed by atoms with E-state index in [1.54, 1.807) is 32.2 Å². The molecule has 0 unspecified atom stereocenters. The molecule has 97 heavy (non-hydrogen) atoms. The number of H-pyrrole nitrogens is 1. The molecule has 22 N–H and O–H groups in total. The van der Waals surface area contributed by atoms with E-state index in [0.29, 0.717) is 5.56 Å². The van der Waals surface area contributed by atoms with E-state index in [0.717, 1.165) is 27.6 Å². The highest BCUT2D eigenvalue weighted by atomic mass is 16.4. The second-order valence-electron chi connectivity index (χ2n) is 23.5. The summed E-state index contributed by atoms with van der Waals surface area (Å²) in [6.07, 6.45) is -3.50. The first-order chi connectivity index (χ1) is 45.2. The number of nitrogens with zero attached hydrogens (tertiary/aromatic N) is 3. The van der Waals surface area contributed by atoms with Gasteiger partial charge in [-0.3, -0.25) is 96.2 Å². The molecule has 0 saturated heterocycles. The predicted molar refractivity (Wildman–Crippen MR) is 336 cm³/mol. The van der Waals surface area contributed by atoms with Gasteiger partial charge in [-0.2, -0.15) is 0 Å². The van der Waals surface area contributed by atoms with Gasteiger partial charge in [-0.1, -0.05) is 45.9 Å². The van der Waals surface area contributed by atoms with Crippen molar-refractivity contribution in [3.05, 3.63) is 36.0 Å². The van der Waals surface area contributed by atoms with Gasteiger partial charge >= 0.3 is 29.8 Å². The third kappa shape index (κ3) is 30.3. The standard InChI is InChI=1S/C58H88N16O23/c1-27(2)47(56(95)63-29(5)51(90)66-36(50(61)89)18-32-21-62-34-11-9-8-10-33(32)34)69-52(91)30(6)64-58(97)49(31(7)75)71-54(93)37(19-40(60)77)68-57(96)48(28(3)4)70-55(94)38(20-42(79)80)67-53(92)35(12-13-39(59)76)65-41(78)22-73(24-44(83)84)16-14-72(23-43(81)82)15-17-74(25-45(85)86)26-46(87)88/h8-11,21,27-31,35-38,47-49,62,75H,12-20,22-26H2,1-7H3,(H2,59,76)(H2,60,77)(H2,61,89)(H,63,95)(H,64,97)(H,65,78)(H,66,90)(H,67,92)(H,68,96)(H,69,91)(H,70,94)(H,71,93)(H,79,80)(H,81,82)(H,83,84)(H,85,86)(H,87,88)/t29-,30-,31+,35-,36-,37-,38-,47-,48-,49-/m0/s1. The normalized spacial score (nSPS) is 14.4. The third-order valence-corrected chi connectivity index (χ3v) is 14.5. The first-order valence-electron chi connectivity index (χ1n) is 30.3. The van der Waals surface area contributed by atoms with Crippen LogP contribution in [0.15, 0.2) is 30.5 Å². The van der Waals surface area contributed by atoms with Gasteiger partial charge in [0.25, 0.3) is 0 Å². The summed E-state index contributed by atoms with van der Waals surface area (Å²) in [6, 6.07) is -7.69. The molecule has 0 spiro atoms. The van der Waals surface area contributed by atoms with Crippen molar-refractivity contribution in [2.45, 2.75) is 141 Å². The molecule has 10 atom stereocenters. The molecule has 0 aliphatic carbocycles. The van der Waals surface area contributed by atoms with E-state index in [-0.39, 0.29) is 32.6 Å². The summed E-state index contributed by atoms with van der Waals surface area (Å²) in [6.45, 7) is 4.34. The maximum Gasteiger partial charge on any atom is 0.317 e. The molecule has 2 aromatic rings. The van der Waals surface area contributed by atoms with Gasteiger partial charge in [-0.25, -0.2) is 0 Å². The van der Waals surface area contributed by atoms with Crippen LogP contribution in [0.5, 0.6) is 0 Å². The van der Waals surface area contributed by atoms with E-state index in [4.69, 9.17) is 17.2 Å². The number of nitrogens with two attached hydrogens (primary N) is 3. The number of primary amides is 3. The van der Waals surface area contributed by atoms with Crippen molar-refractivity contribution >= 4 is 112 Å². The Kier molecular flexibility index (Phi) is 34.2. The largest absolute Gasteiger partial charge is 0.481 e. The zero-order chi connectivity index (χ0) is 73.7. The Bertz CT molecular complexity index is 3180. The van der Waals surface area contributed by atoms with Crippen LogP contribution in [0.2, 0.25) is 0 Å². The molecule has 0 radical (unpaired) electrons. The fourth-order valence-corrected chi connectivity index (χ4v) is 9.39. The van der Waals surface area contributed by atoms with Gasteiger partial charge < -0.3 is 101 Å². The number of aliphatic carboxylic acids is 5. The van der Waals surface area contributed by atoms with Gasteiger partial charge in [0.05, 0.1) is 51.7 Å². The summed E-state index contributed by atoms with van der Waals surface area (Å²) in [5.41, 5.74) is 17.8. The van der Waals surface area contributed by atoms with Gasteiger partial charge in [-0.15, -0.1) is 0 Å². The molecule has 0 bridgehead atoms. The molecular formula is C58H88N16O23. The van der Waals surface area contributed by atoms with Crippen molar-refractivity contribution in [3.8, 4) is 0 Å². The summed E-state index contributed by atoms with van der Waals surface area (Å²) < 4.78 is 0. The number of aliphatic hydroxyl groups excluding tert-OH is 1. The minimum atomic E-state index is -2.10. The van der Waals surface area contributed by atoms with Crippen LogP contribution in [0.4, 0.5) is 0 Å². The van der Waals surface area contributed by atoms with E-state index in [1.165, 1.54) is 32.6 Å². The number of aromatic nitrogens is 1. The number of nitrogens with one attached hydrogen (secondary N) is 10. The number of benzene rings is 1. The van der Waals surface area contributed by atoms with Crippen LogP contribution in [-0.2, 0) is 87.9 Å². The summed E-state index contributed by atoms with van der Waals surface area (Å²) in [5.74, 6) is -22.2. The fraction of sp³-hybridized carbons (Fsp3) is 0.569. The highest BCUT2D eigenvalue weighted by Crippen LogP contribution is 2.19. The number of amides is 12. The monoisotopic (exact) mass is 1380 g/mol. The lowest BCUT2D eigenvalue weighted by Gasteiger charge is -2.29. The number of carboxylic acid groups (broad SMARTS) is 5.